The number of benzene rings is 1. The highest BCUT2D eigenvalue weighted by Gasteiger charge is 2.22. The Hall–Kier alpha value is -1.39. The maximum atomic E-state index is 12.5. The maximum absolute atomic E-state index is 12.5. The third-order valence-electron chi connectivity index (χ3n) is 5.36. The Bertz CT molecular complexity index is 514. The highest BCUT2D eigenvalue weighted by atomic mass is 16.2. The van der Waals surface area contributed by atoms with Crippen molar-refractivity contribution in [3.8, 4) is 0 Å². The highest BCUT2D eigenvalue weighted by molar-refractivity contribution is 5.94. The van der Waals surface area contributed by atoms with Crippen molar-refractivity contribution in [1.29, 1.82) is 0 Å². The molecule has 0 aromatic heterocycles. The van der Waals surface area contributed by atoms with Crippen LogP contribution in [0.25, 0.3) is 0 Å². The van der Waals surface area contributed by atoms with E-state index in [1.807, 2.05) is 29.2 Å². The van der Waals surface area contributed by atoms with Crippen molar-refractivity contribution in [1.82, 2.24) is 14.7 Å². The van der Waals surface area contributed by atoms with Gasteiger partial charge in [-0.1, -0.05) is 24.1 Å². The van der Waals surface area contributed by atoms with Crippen LogP contribution in [0.4, 0.5) is 0 Å². The number of rotatable bonds is 5. The number of hydrogen-bond donors (Lipinski definition) is 0. The molecule has 0 spiro atoms. The second kappa shape index (κ2) is 8.63. The fourth-order valence-electron chi connectivity index (χ4n) is 3.75. The van der Waals surface area contributed by atoms with Crippen molar-refractivity contribution in [3.05, 3.63) is 35.4 Å². The Morgan fingerprint density at radius 2 is 1.42 bits per heavy atom. The van der Waals surface area contributed by atoms with Gasteiger partial charge in [0, 0.05) is 31.7 Å². The molecule has 4 nitrogen and oxygen atoms in total. The summed E-state index contributed by atoms with van der Waals surface area (Å²) in [5.74, 6) is 0.183. The first-order valence-electron chi connectivity index (χ1n) is 9.53. The summed E-state index contributed by atoms with van der Waals surface area (Å²) in [6.45, 7) is 10.8. The van der Waals surface area contributed by atoms with Crippen LogP contribution < -0.4 is 0 Å². The molecule has 2 aliphatic heterocycles. The highest BCUT2D eigenvalue weighted by Crippen LogP contribution is 2.12. The van der Waals surface area contributed by atoms with Crippen LogP contribution in [0.5, 0.6) is 0 Å². The lowest BCUT2D eigenvalue weighted by Gasteiger charge is -2.35. The third kappa shape index (κ3) is 4.81. The summed E-state index contributed by atoms with van der Waals surface area (Å²) >= 11 is 0. The van der Waals surface area contributed by atoms with Gasteiger partial charge in [-0.25, -0.2) is 0 Å². The van der Waals surface area contributed by atoms with Gasteiger partial charge in [-0.05, 0) is 64.5 Å². The van der Waals surface area contributed by atoms with Crippen molar-refractivity contribution >= 4 is 5.91 Å². The summed E-state index contributed by atoms with van der Waals surface area (Å²) in [4.78, 5) is 19.7. The van der Waals surface area contributed by atoms with E-state index in [1.54, 1.807) is 0 Å². The molecule has 3 rings (SSSR count). The molecule has 1 aromatic carbocycles. The van der Waals surface area contributed by atoms with E-state index in [9.17, 15) is 4.79 Å². The number of hydrogen-bond acceptors (Lipinski definition) is 3. The molecule has 0 saturated carbocycles. The minimum atomic E-state index is 0.183. The molecule has 0 aliphatic carbocycles. The first-order valence-corrected chi connectivity index (χ1v) is 9.53. The largest absolute Gasteiger partial charge is 0.336 e. The van der Waals surface area contributed by atoms with Crippen molar-refractivity contribution in [3.63, 3.8) is 0 Å². The topological polar surface area (TPSA) is 26.8 Å². The molecule has 2 fully saturated rings. The van der Waals surface area contributed by atoms with Gasteiger partial charge in [-0.2, -0.15) is 0 Å². The van der Waals surface area contributed by atoms with E-state index in [1.165, 1.54) is 57.4 Å². The smallest absolute Gasteiger partial charge is 0.253 e. The van der Waals surface area contributed by atoms with Gasteiger partial charge in [0.15, 0.2) is 0 Å². The molecule has 2 aliphatic rings. The van der Waals surface area contributed by atoms with Crippen LogP contribution in [0.2, 0.25) is 0 Å². The molecule has 132 valence electrons. The van der Waals surface area contributed by atoms with Crippen LogP contribution in [0.15, 0.2) is 24.3 Å². The Morgan fingerprint density at radius 1 is 0.833 bits per heavy atom. The summed E-state index contributed by atoms with van der Waals surface area (Å²) in [5, 5.41) is 0. The van der Waals surface area contributed by atoms with Gasteiger partial charge in [-0.3, -0.25) is 9.69 Å². The van der Waals surface area contributed by atoms with Crippen LogP contribution in [0, 0.1) is 6.92 Å². The number of piperidine rings is 1. The molecule has 2 heterocycles. The molecule has 0 bridgehead atoms. The van der Waals surface area contributed by atoms with E-state index in [-0.39, 0.29) is 5.91 Å². The molecule has 24 heavy (non-hydrogen) atoms. The second-order valence-corrected chi connectivity index (χ2v) is 7.26. The van der Waals surface area contributed by atoms with Gasteiger partial charge < -0.3 is 9.80 Å². The van der Waals surface area contributed by atoms with Gasteiger partial charge in [0.2, 0.25) is 0 Å². The van der Waals surface area contributed by atoms with Crippen LogP contribution in [-0.2, 0) is 0 Å². The SMILES string of the molecule is Cc1ccc(C(=O)N2CCN(CCCN3CCCCC3)CC2)cc1. The van der Waals surface area contributed by atoms with E-state index in [0.717, 1.165) is 31.7 Å². The number of piperazine rings is 1. The van der Waals surface area contributed by atoms with E-state index >= 15 is 0 Å². The summed E-state index contributed by atoms with van der Waals surface area (Å²) in [7, 11) is 0. The number of carbonyl (C=O) groups excluding carboxylic acids is 1. The third-order valence-corrected chi connectivity index (χ3v) is 5.36. The quantitative estimate of drug-likeness (QED) is 0.831. The van der Waals surface area contributed by atoms with Crippen molar-refractivity contribution in [2.75, 3.05) is 52.4 Å². The summed E-state index contributed by atoms with van der Waals surface area (Å²) in [6, 6.07) is 7.93. The molecule has 1 aromatic rings. The lowest BCUT2D eigenvalue weighted by atomic mass is 10.1. The van der Waals surface area contributed by atoms with Gasteiger partial charge in [0.1, 0.15) is 0 Å². The number of nitrogens with zero attached hydrogens (tertiary/aromatic N) is 3. The van der Waals surface area contributed by atoms with Gasteiger partial charge in [-0.15, -0.1) is 0 Å². The minimum Gasteiger partial charge on any atom is -0.336 e. The first-order chi connectivity index (χ1) is 11.7. The molecule has 0 atom stereocenters. The molecule has 0 unspecified atom stereocenters. The van der Waals surface area contributed by atoms with Crippen molar-refractivity contribution in [2.24, 2.45) is 0 Å². The molecule has 0 radical (unpaired) electrons. The lowest BCUT2D eigenvalue weighted by Crippen LogP contribution is -2.49. The average Bonchev–Trinajstić information content (AvgIpc) is 2.63. The van der Waals surface area contributed by atoms with Crippen LogP contribution >= 0.6 is 0 Å². The molecular weight excluding hydrogens is 298 g/mol. The standard InChI is InChI=1S/C20H31N3O/c1-18-6-8-19(9-7-18)20(24)23-16-14-22(15-17-23)13-5-12-21-10-3-2-4-11-21/h6-9H,2-5,10-17H2,1H3. The van der Waals surface area contributed by atoms with E-state index in [0.29, 0.717) is 0 Å². The van der Waals surface area contributed by atoms with E-state index < -0.39 is 0 Å². The normalized spacial score (nSPS) is 20.3. The Kier molecular flexibility index (Phi) is 6.27. The van der Waals surface area contributed by atoms with Crippen LogP contribution in [-0.4, -0.2) is 73.0 Å². The lowest BCUT2D eigenvalue weighted by molar-refractivity contribution is 0.0631. The minimum absolute atomic E-state index is 0.183. The predicted octanol–water partition coefficient (Wildman–Crippen LogP) is 2.63. The Balaban J connectivity index is 1.37. The van der Waals surface area contributed by atoms with Crippen molar-refractivity contribution < 1.29 is 4.79 Å². The molecule has 2 saturated heterocycles. The zero-order valence-electron chi connectivity index (χ0n) is 15.0. The molecule has 0 N–H and O–H groups in total. The average molecular weight is 329 g/mol. The molecule has 4 heteroatoms. The van der Waals surface area contributed by atoms with Gasteiger partial charge >= 0.3 is 0 Å². The maximum Gasteiger partial charge on any atom is 0.253 e. The summed E-state index contributed by atoms with van der Waals surface area (Å²) < 4.78 is 0. The molecule has 1 amide bonds. The van der Waals surface area contributed by atoms with E-state index in [4.69, 9.17) is 0 Å². The Morgan fingerprint density at radius 3 is 2.04 bits per heavy atom. The van der Waals surface area contributed by atoms with Gasteiger partial charge in [0.25, 0.3) is 5.91 Å². The number of aryl methyl sites for hydroxylation is 1. The monoisotopic (exact) mass is 329 g/mol. The van der Waals surface area contributed by atoms with Gasteiger partial charge in [0.05, 0.1) is 0 Å². The molecular formula is C20H31N3O. The van der Waals surface area contributed by atoms with Crippen LogP contribution in [0.3, 0.4) is 0 Å². The predicted molar refractivity (Wildman–Crippen MR) is 98.4 cm³/mol. The zero-order valence-corrected chi connectivity index (χ0v) is 15.0. The summed E-state index contributed by atoms with van der Waals surface area (Å²) in [6.07, 6.45) is 5.42. The first kappa shape index (κ1) is 17.4. The number of carbonyl (C=O) groups is 1. The van der Waals surface area contributed by atoms with Crippen molar-refractivity contribution in [2.45, 2.75) is 32.6 Å². The fraction of sp³-hybridized carbons (Fsp3) is 0.650. The fourth-order valence-corrected chi connectivity index (χ4v) is 3.75. The van der Waals surface area contributed by atoms with E-state index in [2.05, 4.69) is 16.7 Å². The summed E-state index contributed by atoms with van der Waals surface area (Å²) in [5.41, 5.74) is 2.02. The number of amides is 1. The van der Waals surface area contributed by atoms with Crippen LogP contribution in [0.1, 0.15) is 41.6 Å². The Labute approximate surface area is 146 Å². The second-order valence-electron chi connectivity index (χ2n) is 7.26. The number of likely N-dealkylation sites (tertiary alicyclic amines) is 1. The zero-order chi connectivity index (χ0) is 16.8.